The number of carbonyl (C=O) groups is 1. The van der Waals surface area contributed by atoms with Gasteiger partial charge in [-0.1, -0.05) is 50.6 Å². The second-order valence-corrected chi connectivity index (χ2v) is 11.8. The Morgan fingerprint density at radius 2 is 1.83 bits per heavy atom. The van der Waals surface area contributed by atoms with E-state index < -0.39 is 0 Å². The zero-order valence-corrected chi connectivity index (χ0v) is 22.2. The number of benzene rings is 2. The van der Waals surface area contributed by atoms with Crippen LogP contribution in [0.4, 0.5) is 10.7 Å². The molecule has 0 aliphatic heterocycles. The zero-order valence-electron chi connectivity index (χ0n) is 20.7. The Morgan fingerprint density at radius 3 is 2.56 bits per heavy atom. The molecular weight excluding hydrogens is 488 g/mol. The number of furan rings is 1. The number of nitrogens with one attached hydrogen (secondary N) is 1. The van der Waals surface area contributed by atoms with Crippen LogP contribution in [-0.2, 0) is 12.8 Å². The summed E-state index contributed by atoms with van der Waals surface area (Å²) in [7, 11) is 0. The summed E-state index contributed by atoms with van der Waals surface area (Å²) in [6, 6.07) is 20.9. The Balaban J connectivity index is 1.46. The molecule has 1 amide bonds. The fourth-order valence-corrected chi connectivity index (χ4v) is 6.06. The number of rotatable bonds is 5. The van der Waals surface area contributed by atoms with Crippen molar-refractivity contribution in [3.8, 4) is 11.3 Å². The number of halogens is 1. The highest BCUT2D eigenvalue weighted by Gasteiger charge is 2.33. The summed E-state index contributed by atoms with van der Waals surface area (Å²) < 4.78 is 6.00. The van der Waals surface area contributed by atoms with Crippen molar-refractivity contribution in [2.24, 2.45) is 16.3 Å². The molecule has 1 aliphatic rings. The van der Waals surface area contributed by atoms with Crippen LogP contribution in [0.3, 0.4) is 0 Å². The van der Waals surface area contributed by atoms with Crippen LogP contribution >= 0.6 is 22.9 Å². The average Bonchev–Trinajstić information content (AvgIpc) is 3.47. The van der Waals surface area contributed by atoms with Gasteiger partial charge in [0.2, 0.25) is 0 Å². The maximum Gasteiger partial charge on any atom is 0.259 e. The smallest absolute Gasteiger partial charge is 0.259 e. The minimum absolute atomic E-state index is 0.110. The quantitative estimate of drug-likeness (QED) is 0.269. The number of para-hydroxylation sites is 1. The zero-order chi connectivity index (χ0) is 25.3. The van der Waals surface area contributed by atoms with Crippen molar-refractivity contribution in [2.75, 3.05) is 5.32 Å². The van der Waals surface area contributed by atoms with Gasteiger partial charge in [-0.3, -0.25) is 4.79 Å². The summed E-state index contributed by atoms with van der Waals surface area (Å²) in [5.74, 6) is 1.85. The van der Waals surface area contributed by atoms with Gasteiger partial charge in [0, 0.05) is 21.2 Å². The summed E-state index contributed by atoms with van der Waals surface area (Å²) in [5.41, 5.74) is 3.78. The maximum absolute atomic E-state index is 13.5. The van der Waals surface area contributed by atoms with E-state index in [1.165, 1.54) is 4.88 Å². The van der Waals surface area contributed by atoms with E-state index >= 15 is 0 Å². The van der Waals surface area contributed by atoms with Gasteiger partial charge >= 0.3 is 0 Å². The molecule has 1 aliphatic carbocycles. The van der Waals surface area contributed by atoms with Crippen LogP contribution in [0, 0.1) is 11.3 Å². The summed E-state index contributed by atoms with van der Waals surface area (Å²) in [6.45, 7) is 6.90. The predicted octanol–water partition coefficient (Wildman–Crippen LogP) is 8.82. The molecule has 0 unspecified atom stereocenters. The van der Waals surface area contributed by atoms with E-state index in [-0.39, 0.29) is 11.3 Å². The molecule has 2 aromatic heterocycles. The summed E-state index contributed by atoms with van der Waals surface area (Å²) in [4.78, 5) is 19.5. The number of nitrogens with zero attached hydrogens (tertiary/aromatic N) is 1. The van der Waals surface area contributed by atoms with Gasteiger partial charge in [0.05, 0.1) is 11.8 Å². The van der Waals surface area contributed by atoms with E-state index in [9.17, 15) is 4.79 Å². The van der Waals surface area contributed by atoms with Crippen molar-refractivity contribution in [3.63, 3.8) is 0 Å². The fraction of sp³-hybridized carbons (Fsp3) is 0.267. The second-order valence-electron chi connectivity index (χ2n) is 10.3. The third-order valence-electron chi connectivity index (χ3n) is 6.79. The second kappa shape index (κ2) is 10.1. The van der Waals surface area contributed by atoms with Crippen LogP contribution in [-0.4, -0.2) is 12.1 Å². The highest BCUT2D eigenvalue weighted by molar-refractivity contribution is 7.16. The standard InChI is InChI=1S/C30H29ClN2O2S/c1-30(2,3)20-11-15-24-26(17-20)36-29(27(24)28(34)33-22-7-5-4-6-8-22)32-18-23-14-16-25(35-23)19-9-12-21(31)13-10-19/h4-10,12-14,16,18,20H,11,15,17H2,1-3H3,(H,33,34)/t20-/m0/s1. The van der Waals surface area contributed by atoms with Gasteiger partial charge in [-0.05, 0) is 84.7 Å². The molecule has 1 N–H and O–H groups in total. The molecule has 0 spiro atoms. The van der Waals surface area contributed by atoms with Crippen molar-refractivity contribution in [1.29, 1.82) is 0 Å². The van der Waals surface area contributed by atoms with E-state index in [1.54, 1.807) is 17.6 Å². The fourth-order valence-electron chi connectivity index (χ4n) is 4.66. The molecule has 0 radical (unpaired) electrons. The first kappa shape index (κ1) is 24.5. The average molecular weight is 517 g/mol. The number of anilines is 1. The number of carbonyl (C=O) groups excluding carboxylic acids is 1. The molecule has 0 fully saturated rings. The lowest BCUT2D eigenvalue weighted by molar-refractivity contribution is 0.102. The van der Waals surface area contributed by atoms with Crippen molar-refractivity contribution >= 4 is 45.7 Å². The first-order valence-electron chi connectivity index (χ1n) is 12.2. The van der Waals surface area contributed by atoms with Gasteiger partial charge in [0.15, 0.2) is 0 Å². The SMILES string of the molecule is CC(C)(C)[C@H]1CCc2c(sc(N=Cc3ccc(-c4ccc(Cl)cc4)o3)c2C(=O)Nc2ccccc2)C1. The van der Waals surface area contributed by atoms with Crippen molar-refractivity contribution in [2.45, 2.75) is 40.0 Å². The number of amides is 1. The van der Waals surface area contributed by atoms with Gasteiger partial charge in [0.1, 0.15) is 16.5 Å². The lowest BCUT2D eigenvalue weighted by Gasteiger charge is -2.33. The maximum atomic E-state index is 13.5. The molecule has 2 aromatic carbocycles. The number of hydrogen-bond acceptors (Lipinski definition) is 4. The van der Waals surface area contributed by atoms with E-state index in [4.69, 9.17) is 21.0 Å². The topological polar surface area (TPSA) is 54.6 Å². The van der Waals surface area contributed by atoms with E-state index in [2.05, 4.69) is 26.1 Å². The van der Waals surface area contributed by atoms with E-state index in [0.717, 1.165) is 46.8 Å². The molecule has 2 heterocycles. The molecule has 4 aromatic rings. The minimum Gasteiger partial charge on any atom is -0.455 e. The van der Waals surface area contributed by atoms with Gasteiger partial charge in [0.25, 0.3) is 5.91 Å². The van der Waals surface area contributed by atoms with Gasteiger partial charge in [-0.25, -0.2) is 4.99 Å². The molecule has 0 saturated carbocycles. The van der Waals surface area contributed by atoms with E-state index in [0.29, 0.717) is 22.3 Å². The van der Waals surface area contributed by atoms with Crippen LogP contribution in [0.1, 0.15) is 53.8 Å². The highest BCUT2D eigenvalue weighted by Crippen LogP contribution is 2.45. The minimum atomic E-state index is -0.110. The number of fused-ring (bicyclic) bond motifs is 1. The van der Waals surface area contributed by atoms with Crippen molar-refractivity contribution in [1.82, 2.24) is 0 Å². The summed E-state index contributed by atoms with van der Waals surface area (Å²) in [5, 5.41) is 4.48. The third-order valence-corrected chi connectivity index (χ3v) is 8.21. The molecule has 184 valence electrons. The van der Waals surface area contributed by atoms with E-state index in [1.807, 2.05) is 66.7 Å². The Bertz CT molecular complexity index is 1400. The third kappa shape index (κ3) is 5.32. The molecule has 6 heteroatoms. The van der Waals surface area contributed by atoms with Crippen LogP contribution < -0.4 is 5.32 Å². The van der Waals surface area contributed by atoms with Gasteiger partial charge in [-0.2, -0.15) is 0 Å². The number of aliphatic imine (C=N–C) groups is 1. The molecular formula is C30H29ClN2O2S. The molecule has 0 bridgehead atoms. The van der Waals surface area contributed by atoms with Crippen LogP contribution in [0.5, 0.6) is 0 Å². The monoisotopic (exact) mass is 516 g/mol. The number of hydrogen-bond donors (Lipinski definition) is 1. The van der Waals surface area contributed by atoms with Crippen molar-refractivity contribution < 1.29 is 9.21 Å². The molecule has 0 saturated heterocycles. The predicted molar refractivity (Wildman–Crippen MR) is 150 cm³/mol. The molecule has 5 rings (SSSR count). The van der Waals surface area contributed by atoms with Crippen molar-refractivity contribution in [3.05, 3.63) is 93.5 Å². The molecule has 4 nitrogen and oxygen atoms in total. The van der Waals surface area contributed by atoms with Gasteiger partial charge in [-0.15, -0.1) is 11.3 Å². The lowest BCUT2D eigenvalue weighted by Crippen LogP contribution is -2.27. The Hall–Kier alpha value is -3.15. The highest BCUT2D eigenvalue weighted by atomic mass is 35.5. The molecule has 36 heavy (non-hydrogen) atoms. The normalized spacial score (nSPS) is 15.7. The summed E-state index contributed by atoms with van der Waals surface area (Å²) >= 11 is 7.64. The number of thiophene rings is 1. The first-order chi connectivity index (χ1) is 17.3. The lowest BCUT2D eigenvalue weighted by atomic mass is 9.72. The van der Waals surface area contributed by atoms with Crippen LogP contribution in [0.25, 0.3) is 11.3 Å². The largest absolute Gasteiger partial charge is 0.455 e. The Labute approximate surface area is 221 Å². The first-order valence-corrected chi connectivity index (χ1v) is 13.4. The molecule has 1 atom stereocenters. The van der Waals surface area contributed by atoms with Crippen LogP contribution in [0.2, 0.25) is 5.02 Å². The van der Waals surface area contributed by atoms with Gasteiger partial charge < -0.3 is 9.73 Å². The Morgan fingerprint density at radius 1 is 1.08 bits per heavy atom. The Kier molecular flexibility index (Phi) is 6.87. The summed E-state index contributed by atoms with van der Waals surface area (Å²) in [6.07, 6.45) is 4.65. The van der Waals surface area contributed by atoms with Crippen LogP contribution in [0.15, 0.2) is 76.1 Å².